The molecule has 2 bridgehead atoms. The predicted molar refractivity (Wildman–Crippen MR) is 163 cm³/mol. The molecule has 42 heavy (non-hydrogen) atoms. The highest BCUT2D eigenvalue weighted by molar-refractivity contribution is 6.74. The molecule has 5 heterocycles. The average Bonchev–Trinajstić information content (AvgIpc) is 3.07. The minimum Gasteiger partial charge on any atom is -0.472 e. The molecule has 2 fully saturated rings. The quantitative estimate of drug-likeness (QED) is 0.212. The van der Waals surface area contributed by atoms with Gasteiger partial charge in [0.1, 0.15) is 23.2 Å². The molecule has 3 aliphatic heterocycles. The van der Waals surface area contributed by atoms with Crippen molar-refractivity contribution in [3.8, 4) is 5.88 Å². The van der Waals surface area contributed by atoms with E-state index in [1.165, 1.54) is 0 Å². The molecule has 3 aliphatic rings. The minimum absolute atomic E-state index is 0.0362. The Balaban J connectivity index is 1.71. The predicted octanol–water partition coefficient (Wildman–Crippen LogP) is 6.67. The molecule has 9 nitrogen and oxygen atoms in total. The lowest BCUT2D eigenvalue weighted by Gasteiger charge is -2.54. The van der Waals surface area contributed by atoms with Crippen LogP contribution in [-0.4, -0.2) is 78.0 Å². The third-order valence-electron chi connectivity index (χ3n) is 9.50. The highest BCUT2D eigenvalue weighted by Gasteiger charge is 2.61. The number of carbonyl (C=O) groups excluding carboxylic acids is 2. The molecule has 2 saturated heterocycles. The molecule has 0 aliphatic carbocycles. The molecule has 0 unspecified atom stereocenters. The highest BCUT2D eigenvalue weighted by atomic mass is 35.5. The standard InChI is InChI=1S/C30H42ClFN4O5Si/c1-16-18(13-37)33-25-21-20(16)22(32)24(31)34-26(21)40-17(2)23-19-11-12-30(14-35(23)25,15-39-42(9,10)29(6,7)8)36(19)27(38)41-28(3,4)5/h13,17,19,23H,11-12,14-15H2,1-10H3/t17-,19-,23+,30+/m0/s1. The van der Waals surface area contributed by atoms with Crippen LogP contribution < -0.4 is 9.64 Å². The summed E-state index contributed by atoms with van der Waals surface area (Å²) in [6.45, 7) is 20.7. The number of piperazine rings is 1. The second-order valence-electron chi connectivity index (χ2n) is 14.5. The van der Waals surface area contributed by atoms with E-state index in [0.717, 1.165) is 0 Å². The number of anilines is 1. The van der Waals surface area contributed by atoms with Crippen LogP contribution in [0, 0.1) is 12.7 Å². The maximum Gasteiger partial charge on any atom is 0.411 e. The summed E-state index contributed by atoms with van der Waals surface area (Å²) in [5.74, 6) is -0.161. The van der Waals surface area contributed by atoms with Crippen LogP contribution in [0.3, 0.4) is 0 Å². The average molecular weight is 621 g/mol. The van der Waals surface area contributed by atoms with Gasteiger partial charge in [-0.2, -0.15) is 4.98 Å². The molecule has 12 heteroatoms. The largest absolute Gasteiger partial charge is 0.472 e. The number of ether oxygens (including phenoxy) is 2. The van der Waals surface area contributed by atoms with Crippen LogP contribution in [0.15, 0.2) is 0 Å². The van der Waals surface area contributed by atoms with Gasteiger partial charge in [-0.3, -0.25) is 9.69 Å². The fourth-order valence-corrected chi connectivity index (χ4v) is 7.61. The third kappa shape index (κ3) is 4.85. The van der Waals surface area contributed by atoms with Gasteiger partial charge in [-0.15, -0.1) is 0 Å². The molecule has 2 aromatic rings. The Kier molecular flexibility index (Phi) is 7.38. The number of aryl methyl sites for hydroxylation is 1. The number of hydrogen-bond acceptors (Lipinski definition) is 8. The van der Waals surface area contributed by atoms with Gasteiger partial charge in [0.25, 0.3) is 0 Å². The second kappa shape index (κ2) is 10.0. The number of nitrogens with zero attached hydrogens (tertiary/aromatic N) is 4. The fraction of sp³-hybridized carbons (Fsp3) is 0.667. The molecule has 2 aromatic heterocycles. The van der Waals surface area contributed by atoms with Gasteiger partial charge in [-0.1, -0.05) is 32.4 Å². The SMILES string of the molecule is Cc1c(C=O)nc2c3c(nc(Cl)c(F)c13)O[C@@H](C)[C@@H]1[C@@H]3CC[C@](CO[Si](C)(C)C(C)(C)C)(CN21)N3C(=O)OC(C)(C)C. The van der Waals surface area contributed by atoms with E-state index >= 15 is 4.39 Å². The lowest BCUT2D eigenvalue weighted by molar-refractivity contribution is -0.0328. The highest BCUT2D eigenvalue weighted by Crippen LogP contribution is 2.51. The topological polar surface area (TPSA) is 94.1 Å². The number of halogens is 2. The molecule has 0 radical (unpaired) electrons. The Bertz CT molecular complexity index is 1460. The first kappa shape index (κ1) is 30.9. The minimum atomic E-state index is -2.21. The van der Waals surface area contributed by atoms with E-state index in [1.807, 2.05) is 32.6 Å². The van der Waals surface area contributed by atoms with Gasteiger partial charge in [0.2, 0.25) is 5.88 Å². The number of rotatable bonds is 4. The van der Waals surface area contributed by atoms with Crippen molar-refractivity contribution in [3.63, 3.8) is 0 Å². The molecule has 0 spiro atoms. The maximum absolute atomic E-state index is 15.6. The lowest BCUT2D eigenvalue weighted by Crippen LogP contribution is -2.72. The van der Waals surface area contributed by atoms with Gasteiger partial charge in [0.05, 0.1) is 29.6 Å². The Morgan fingerprint density at radius 1 is 1.21 bits per heavy atom. The van der Waals surface area contributed by atoms with E-state index in [0.29, 0.717) is 49.0 Å². The second-order valence-corrected chi connectivity index (χ2v) is 19.7. The van der Waals surface area contributed by atoms with E-state index in [2.05, 4.69) is 43.7 Å². The summed E-state index contributed by atoms with van der Waals surface area (Å²) in [7, 11) is -2.21. The van der Waals surface area contributed by atoms with E-state index in [-0.39, 0.29) is 39.2 Å². The van der Waals surface area contributed by atoms with Gasteiger partial charge >= 0.3 is 6.09 Å². The summed E-state index contributed by atoms with van der Waals surface area (Å²) in [4.78, 5) is 39.1. The summed E-state index contributed by atoms with van der Waals surface area (Å²) < 4.78 is 34.8. The number of hydrogen-bond donors (Lipinski definition) is 0. The number of amides is 1. The zero-order valence-corrected chi connectivity index (χ0v) is 28.0. The zero-order chi connectivity index (χ0) is 31.2. The van der Waals surface area contributed by atoms with Crippen molar-refractivity contribution in [3.05, 3.63) is 22.2 Å². The summed E-state index contributed by atoms with van der Waals surface area (Å²) >= 11 is 6.23. The summed E-state index contributed by atoms with van der Waals surface area (Å²) in [5, 5.41) is 0.169. The Hall–Kier alpha value is -2.50. The van der Waals surface area contributed by atoms with Crippen LogP contribution in [0.1, 0.15) is 77.4 Å². The van der Waals surface area contributed by atoms with Crippen LogP contribution in [0.4, 0.5) is 15.0 Å². The van der Waals surface area contributed by atoms with Crippen LogP contribution >= 0.6 is 11.6 Å². The van der Waals surface area contributed by atoms with Crippen LogP contribution in [0.5, 0.6) is 5.88 Å². The van der Waals surface area contributed by atoms with Crippen molar-refractivity contribution in [1.29, 1.82) is 0 Å². The summed E-state index contributed by atoms with van der Waals surface area (Å²) in [5.41, 5.74) is -0.958. The number of pyridine rings is 2. The van der Waals surface area contributed by atoms with Gasteiger partial charge < -0.3 is 18.8 Å². The molecule has 0 aromatic carbocycles. The summed E-state index contributed by atoms with van der Waals surface area (Å²) in [6.07, 6.45) is 1.11. The molecule has 0 N–H and O–H groups in total. The molecular formula is C30H42ClFN4O5Si. The zero-order valence-electron chi connectivity index (χ0n) is 26.2. The number of aldehydes is 1. The van der Waals surface area contributed by atoms with Crippen molar-refractivity contribution in [2.24, 2.45) is 0 Å². The van der Waals surface area contributed by atoms with Crippen molar-refractivity contribution in [2.75, 3.05) is 18.1 Å². The van der Waals surface area contributed by atoms with E-state index in [9.17, 15) is 9.59 Å². The molecule has 1 amide bonds. The Labute approximate surface area is 253 Å². The van der Waals surface area contributed by atoms with Crippen LogP contribution in [0.25, 0.3) is 10.8 Å². The van der Waals surface area contributed by atoms with Gasteiger partial charge in [-0.25, -0.2) is 14.2 Å². The van der Waals surface area contributed by atoms with E-state index in [1.54, 1.807) is 6.92 Å². The van der Waals surface area contributed by atoms with Gasteiger partial charge in [-0.05, 0) is 71.2 Å². The van der Waals surface area contributed by atoms with E-state index < -0.39 is 37.5 Å². The number of aromatic nitrogens is 2. The van der Waals surface area contributed by atoms with Gasteiger partial charge in [0, 0.05) is 11.9 Å². The Morgan fingerprint density at radius 2 is 1.88 bits per heavy atom. The van der Waals surface area contributed by atoms with Crippen molar-refractivity contribution in [1.82, 2.24) is 14.9 Å². The molecule has 230 valence electrons. The molecule has 5 rings (SSSR count). The monoisotopic (exact) mass is 620 g/mol. The smallest absolute Gasteiger partial charge is 0.411 e. The van der Waals surface area contributed by atoms with E-state index in [4.69, 9.17) is 30.5 Å². The Morgan fingerprint density at radius 3 is 2.48 bits per heavy atom. The van der Waals surface area contributed by atoms with Crippen molar-refractivity contribution < 1.29 is 27.9 Å². The third-order valence-corrected chi connectivity index (χ3v) is 14.2. The normalized spacial score (nSPS) is 25.7. The first-order chi connectivity index (χ1) is 19.3. The van der Waals surface area contributed by atoms with Crippen molar-refractivity contribution >= 4 is 48.9 Å². The van der Waals surface area contributed by atoms with Crippen LogP contribution in [-0.2, 0) is 9.16 Å². The van der Waals surface area contributed by atoms with Gasteiger partial charge in [0.15, 0.2) is 25.6 Å². The van der Waals surface area contributed by atoms with Crippen molar-refractivity contribution in [2.45, 2.75) is 116 Å². The first-order valence-electron chi connectivity index (χ1n) is 14.6. The molecular weight excluding hydrogens is 579 g/mol. The van der Waals surface area contributed by atoms with Crippen LogP contribution in [0.2, 0.25) is 23.3 Å². The molecule has 0 saturated carbocycles. The first-order valence-corrected chi connectivity index (χ1v) is 17.8. The number of fused-ring (bicyclic) bond motifs is 5. The maximum atomic E-state index is 15.6. The molecule has 4 atom stereocenters. The number of carbonyl (C=O) groups is 2. The lowest BCUT2D eigenvalue weighted by atomic mass is 9.92. The fourth-order valence-electron chi connectivity index (χ4n) is 6.38. The summed E-state index contributed by atoms with van der Waals surface area (Å²) in [6, 6.07) is -0.700.